The van der Waals surface area contributed by atoms with E-state index in [0.29, 0.717) is 24.8 Å². The van der Waals surface area contributed by atoms with Gasteiger partial charge in [-0.05, 0) is 56.9 Å². The molecule has 2 unspecified atom stereocenters. The number of carbonyl (C=O) groups excluding carboxylic acids is 3. The Labute approximate surface area is 147 Å². The summed E-state index contributed by atoms with van der Waals surface area (Å²) in [6.45, 7) is 0. The molecule has 1 N–H and O–H groups in total. The van der Waals surface area contributed by atoms with Crippen molar-refractivity contribution >= 4 is 17.7 Å². The fourth-order valence-corrected chi connectivity index (χ4v) is 3.74. The average Bonchev–Trinajstić information content (AvgIpc) is 2.81. The van der Waals surface area contributed by atoms with Gasteiger partial charge in [0, 0.05) is 0 Å². The van der Waals surface area contributed by atoms with Gasteiger partial charge in [0.25, 0.3) is 0 Å². The van der Waals surface area contributed by atoms with Gasteiger partial charge in [-0.15, -0.1) is 0 Å². The number of ether oxygens (including phenoxy) is 2. The summed E-state index contributed by atoms with van der Waals surface area (Å²) >= 11 is 0. The molecule has 25 heavy (non-hydrogen) atoms. The van der Waals surface area contributed by atoms with Gasteiger partial charge in [-0.3, -0.25) is 9.59 Å². The summed E-state index contributed by atoms with van der Waals surface area (Å²) in [5.41, 5.74) is -1.51. The summed E-state index contributed by atoms with van der Waals surface area (Å²) in [7, 11) is 2.36. The van der Waals surface area contributed by atoms with Crippen LogP contribution in [-0.2, 0) is 23.9 Å². The first-order chi connectivity index (χ1) is 12.0. The number of esters is 2. The largest absolute Gasteiger partial charge is 0.468 e. The molecule has 0 radical (unpaired) electrons. The molecule has 0 aromatic rings. The van der Waals surface area contributed by atoms with E-state index in [-0.39, 0.29) is 12.0 Å². The number of allylic oxidation sites excluding steroid dienone is 2. The number of fused-ring (bicyclic) bond motifs is 1. The zero-order valence-corrected chi connectivity index (χ0v) is 14.9. The molecule has 138 valence electrons. The van der Waals surface area contributed by atoms with E-state index in [1.165, 1.54) is 14.2 Å². The average molecular weight is 350 g/mol. The molecule has 0 amide bonds. The summed E-state index contributed by atoms with van der Waals surface area (Å²) < 4.78 is 9.48. The van der Waals surface area contributed by atoms with Crippen LogP contribution in [0.1, 0.15) is 51.4 Å². The summed E-state index contributed by atoms with van der Waals surface area (Å²) in [6, 6.07) is 0. The zero-order chi connectivity index (χ0) is 18.4. The van der Waals surface area contributed by atoms with Gasteiger partial charge in [0.2, 0.25) is 0 Å². The molecule has 2 atom stereocenters. The lowest BCUT2D eigenvalue weighted by atomic mass is 9.79. The number of methoxy groups -OCH3 is 2. The minimum atomic E-state index is -1.67. The fraction of sp³-hybridized carbons (Fsp3) is 0.632. The third kappa shape index (κ3) is 3.84. The molecule has 0 saturated carbocycles. The predicted octanol–water partition coefficient (Wildman–Crippen LogP) is 2.25. The van der Waals surface area contributed by atoms with Crippen molar-refractivity contribution in [3.05, 3.63) is 23.3 Å². The highest BCUT2D eigenvalue weighted by Crippen LogP contribution is 2.45. The Morgan fingerprint density at radius 3 is 2.32 bits per heavy atom. The lowest BCUT2D eigenvalue weighted by molar-refractivity contribution is -0.156. The van der Waals surface area contributed by atoms with E-state index in [4.69, 9.17) is 9.47 Å². The fourth-order valence-electron chi connectivity index (χ4n) is 3.74. The lowest BCUT2D eigenvalue weighted by Gasteiger charge is -2.31. The van der Waals surface area contributed by atoms with Crippen LogP contribution in [0.2, 0.25) is 0 Å². The van der Waals surface area contributed by atoms with Crippen LogP contribution in [0.4, 0.5) is 0 Å². The number of hydrogen-bond donors (Lipinski definition) is 1. The van der Waals surface area contributed by atoms with Crippen molar-refractivity contribution in [1.29, 1.82) is 0 Å². The molecule has 0 aromatic heterocycles. The maximum Gasteiger partial charge on any atom is 0.341 e. The van der Waals surface area contributed by atoms with Crippen LogP contribution < -0.4 is 0 Å². The zero-order valence-electron chi connectivity index (χ0n) is 14.9. The first kappa shape index (κ1) is 19.4. The van der Waals surface area contributed by atoms with Gasteiger partial charge in [-0.2, -0.15) is 0 Å². The van der Waals surface area contributed by atoms with E-state index in [2.05, 4.69) is 12.2 Å². The standard InChI is InChI=1S/C19H26O6/c1-24-17(21)14-13-11-9-7-5-3-4-6-8-10-12-19(13,23)15(16(14)20)18(22)25-2/h3-4,15,23H,5-12H2,1-2H3/b4-3-. The van der Waals surface area contributed by atoms with Crippen molar-refractivity contribution in [3.63, 3.8) is 0 Å². The summed E-state index contributed by atoms with van der Waals surface area (Å²) in [6.07, 6.45) is 9.74. The number of rotatable bonds is 2. The molecule has 2 aliphatic carbocycles. The maximum absolute atomic E-state index is 12.8. The Morgan fingerprint density at radius 2 is 1.72 bits per heavy atom. The Kier molecular flexibility index (Phi) is 6.53. The van der Waals surface area contributed by atoms with Crippen LogP contribution in [0.5, 0.6) is 0 Å². The third-order valence-corrected chi connectivity index (χ3v) is 5.03. The molecule has 0 aromatic carbocycles. The second-order valence-electron chi connectivity index (χ2n) is 6.55. The molecule has 2 aliphatic rings. The van der Waals surface area contributed by atoms with Crippen LogP contribution in [0.25, 0.3) is 0 Å². The van der Waals surface area contributed by atoms with Crippen molar-refractivity contribution < 1.29 is 29.0 Å². The van der Waals surface area contributed by atoms with Crippen LogP contribution in [-0.4, -0.2) is 42.6 Å². The van der Waals surface area contributed by atoms with Gasteiger partial charge in [0.1, 0.15) is 11.2 Å². The molecule has 0 fully saturated rings. The highest BCUT2D eigenvalue weighted by Gasteiger charge is 2.57. The molecule has 0 heterocycles. The molecule has 0 aliphatic heterocycles. The molecule has 6 heteroatoms. The SMILES string of the molecule is COC(=O)C1=C2CCCC/C=C\CCCCC2(O)C(C(=O)OC)C1=O. The van der Waals surface area contributed by atoms with E-state index >= 15 is 0 Å². The second-order valence-corrected chi connectivity index (χ2v) is 6.55. The van der Waals surface area contributed by atoms with Crippen LogP contribution in [0.3, 0.4) is 0 Å². The number of carbonyl (C=O) groups is 3. The topological polar surface area (TPSA) is 89.9 Å². The third-order valence-electron chi connectivity index (χ3n) is 5.03. The van der Waals surface area contributed by atoms with Crippen molar-refractivity contribution in [2.75, 3.05) is 14.2 Å². The highest BCUT2D eigenvalue weighted by atomic mass is 16.5. The monoisotopic (exact) mass is 350 g/mol. The minimum absolute atomic E-state index is 0.173. The molecule has 0 spiro atoms. The Hall–Kier alpha value is -1.95. The van der Waals surface area contributed by atoms with E-state index in [1.54, 1.807) is 0 Å². The van der Waals surface area contributed by atoms with Gasteiger partial charge in [0.05, 0.1) is 14.2 Å². The van der Waals surface area contributed by atoms with E-state index < -0.39 is 29.2 Å². The highest BCUT2D eigenvalue weighted by molar-refractivity contribution is 6.26. The number of ketones is 1. The van der Waals surface area contributed by atoms with Gasteiger partial charge in [-0.1, -0.05) is 12.2 Å². The molecular formula is C19H26O6. The predicted molar refractivity (Wildman–Crippen MR) is 90.6 cm³/mol. The first-order valence-corrected chi connectivity index (χ1v) is 8.78. The number of hydrogen-bond acceptors (Lipinski definition) is 6. The van der Waals surface area contributed by atoms with Crippen molar-refractivity contribution in [2.45, 2.75) is 57.0 Å². The molecular weight excluding hydrogens is 324 g/mol. The van der Waals surface area contributed by atoms with Crippen LogP contribution in [0, 0.1) is 5.92 Å². The van der Waals surface area contributed by atoms with E-state index in [0.717, 1.165) is 25.7 Å². The second kappa shape index (κ2) is 8.43. The number of Topliss-reactive ketones (excluding diaryl/α,β-unsaturated/α-hetero) is 1. The Balaban J connectivity index is 2.48. The minimum Gasteiger partial charge on any atom is -0.468 e. The quantitative estimate of drug-likeness (QED) is 0.356. The van der Waals surface area contributed by atoms with E-state index in [1.807, 2.05) is 0 Å². The van der Waals surface area contributed by atoms with Crippen molar-refractivity contribution in [1.82, 2.24) is 0 Å². The van der Waals surface area contributed by atoms with Crippen molar-refractivity contribution in [3.8, 4) is 0 Å². The Morgan fingerprint density at radius 1 is 1.08 bits per heavy atom. The molecule has 0 bridgehead atoms. The maximum atomic E-state index is 12.8. The molecule has 2 rings (SSSR count). The first-order valence-electron chi connectivity index (χ1n) is 8.78. The molecule has 0 saturated heterocycles. The van der Waals surface area contributed by atoms with Crippen molar-refractivity contribution in [2.24, 2.45) is 5.92 Å². The normalized spacial score (nSPS) is 29.2. The van der Waals surface area contributed by atoms with Gasteiger partial charge in [0.15, 0.2) is 11.7 Å². The summed E-state index contributed by atoms with van der Waals surface area (Å²) in [5, 5.41) is 11.3. The van der Waals surface area contributed by atoms with Gasteiger partial charge in [-0.25, -0.2) is 4.79 Å². The Bertz CT molecular complexity index is 603. The van der Waals surface area contributed by atoms with Crippen LogP contribution >= 0.6 is 0 Å². The number of aliphatic hydroxyl groups is 1. The smallest absolute Gasteiger partial charge is 0.341 e. The summed E-state index contributed by atoms with van der Waals surface area (Å²) in [4.78, 5) is 37.2. The van der Waals surface area contributed by atoms with Crippen LogP contribution in [0.15, 0.2) is 23.3 Å². The summed E-state index contributed by atoms with van der Waals surface area (Å²) in [5.74, 6) is -3.68. The van der Waals surface area contributed by atoms with Gasteiger partial charge < -0.3 is 14.6 Å². The van der Waals surface area contributed by atoms with Gasteiger partial charge >= 0.3 is 11.9 Å². The lowest BCUT2D eigenvalue weighted by Crippen LogP contribution is -2.44. The van der Waals surface area contributed by atoms with E-state index in [9.17, 15) is 19.5 Å². The molecule has 6 nitrogen and oxygen atoms in total.